The number of aromatic nitrogens is 1. The number of carbonyl (C=O) groups is 1. The van der Waals surface area contributed by atoms with Crippen LogP contribution in [-0.4, -0.2) is 22.1 Å². The van der Waals surface area contributed by atoms with Crippen molar-refractivity contribution in [3.8, 4) is 0 Å². The fourth-order valence-corrected chi connectivity index (χ4v) is 3.09. The van der Waals surface area contributed by atoms with Gasteiger partial charge in [-0.1, -0.05) is 22.9 Å². The van der Waals surface area contributed by atoms with E-state index in [9.17, 15) is 4.79 Å². The molecule has 0 aliphatic rings. The maximum atomic E-state index is 11.6. The number of rotatable bonds is 4. The number of hydrogen-bond acceptors (Lipinski definition) is 4. The van der Waals surface area contributed by atoms with Crippen LogP contribution in [-0.2, 0) is 6.54 Å². The molecule has 1 aromatic heterocycles. The van der Waals surface area contributed by atoms with E-state index in [0.29, 0.717) is 21.2 Å². The van der Waals surface area contributed by atoms with Crippen molar-refractivity contribution in [3.63, 3.8) is 0 Å². The Morgan fingerprint density at radius 1 is 1.40 bits per heavy atom. The number of aliphatic hydroxyl groups is 1. The molecule has 0 amide bonds. The Kier molecular flexibility index (Phi) is 4.75. The number of hydrogen-bond donors (Lipinski definition) is 1. The Hall–Kier alpha value is -1.43. The van der Waals surface area contributed by atoms with Crippen molar-refractivity contribution in [2.45, 2.75) is 20.4 Å². The molecule has 2 aromatic rings. The summed E-state index contributed by atoms with van der Waals surface area (Å²) in [4.78, 5) is 17.5. The minimum absolute atomic E-state index is 0.00270. The number of ketones is 1. The van der Waals surface area contributed by atoms with Crippen LogP contribution in [0.25, 0.3) is 0 Å². The third-order valence-electron chi connectivity index (χ3n) is 2.85. The molecule has 1 aromatic carbocycles. The Labute approximate surface area is 126 Å². The largest absolute Gasteiger partial charge is 0.395 e. The van der Waals surface area contributed by atoms with Crippen molar-refractivity contribution in [2.75, 3.05) is 6.61 Å². The minimum Gasteiger partial charge on any atom is -0.395 e. The Balaban J connectivity index is 2.57. The molecule has 6 heteroatoms. The van der Waals surface area contributed by atoms with E-state index in [2.05, 4.69) is 4.99 Å². The number of Topliss-reactive ketones (excluding diaryl/α,β-unsaturated/α-hetero) is 1. The first-order chi connectivity index (χ1) is 9.52. The zero-order chi connectivity index (χ0) is 14.7. The normalized spacial score (nSPS) is 11.9. The summed E-state index contributed by atoms with van der Waals surface area (Å²) in [6.45, 7) is 3.82. The van der Waals surface area contributed by atoms with Crippen LogP contribution in [0.2, 0.25) is 5.02 Å². The average Bonchev–Trinajstić information content (AvgIpc) is 2.71. The predicted octanol–water partition coefficient (Wildman–Crippen LogP) is 2.94. The van der Waals surface area contributed by atoms with Gasteiger partial charge in [0.1, 0.15) is 0 Å². The molecule has 0 spiro atoms. The molecule has 0 saturated carbocycles. The van der Waals surface area contributed by atoms with Gasteiger partial charge in [0.25, 0.3) is 0 Å². The number of halogens is 1. The van der Waals surface area contributed by atoms with Gasteiger partial charge in [0.15, 0.2) is 10.6 Å². The molecule has 2 rings (SSSR count). The summed E-state index contributed by atoms with van der Waals surface area (Å²) in [7, 11) is 0. The molecule has 4 nitrogen and oxygen atoms in total. The van der Waals surface area contributed by atoms with Gasteiger partial charge in [0.05, 0.1) is 17.2 Å². The average molecular weight is 311 g/mol. The van der Waals surface area contributed by atoms with Gasteiger partial charge in [0.2, 0.25) is 0 Å². The quantitative estimate of drug-likeness (QED) is 0.883. The van der Waals surface area contributed by atoms with Crippen molar-refractivity contribution in [1.29, 1.82) is 0 Å². The molecule has 0 aliphatic heterocycles. The molecule has 0 atom stereocenters. The first-order valence-electron chi connectivity index (χ1n) is 6.15. The Morgan fingerprint density at radius 3 is 2.60 bits per heavy atom. The molecular weight excluding hydrogens is 296 g/mol. The first-order valence-corrected chi connectivity index (χ1v) is 7.34. The third kappa shape index (κ3) is 3.17. The van der Waals surface area contributed by atoms with Gasteiger partial charge in [-0.05, 0) is 31.2 Å². The van der Waals surface area contributed by atoms with Crippen LogP contribution in [0.4, 0.5) is 5.69 Å². The molecule has 0 saturated heterocycles. The lowest BCUT2D eigenvalue weighted by atomic mass is 10.3. The standard InChI is InChI=1S/C14H15ClN2O2S/c1-9-13(10(2)19)20-14(17(9)7-8-18)16-12-5-3-11(15)4-6-12/h3-6,18H,7-8H2,1-2H3. The van der Waals surface area contributed by atoms with Gasteiger partial charge in [-0.2, -0.15) is 0 Å². The maximum Gasteiger partial charge on any atom is 0.190 e. The zero-order valence-electron chi connectivity index (χ0n) is 11.3. The van der Waals surface area contributed by atoms with Gasteiger partial charge >= 0.3 is 0 Å². The highest BCUT2D eigenvalue weighted by Gasteiger charge is 2.12. The second kappa shape index (κ2) is 6.35. The number of aliphatic hydroxyl groups excluding tert-OH is 1. The second-order valence-electron chi connectivity index (χ2n) is 4.32. The zero-order valence-corrected chi connectivity index (χ0v) is 12.8. The molecule has 0 bridgehead atoms. The Bertz CT molecular complexity index is 686. The monoisotopic (exact) mass is 310 g/mol. The molecular formula is C14H15ClN2O2S. The van der Waals surface area contributed by atoms with E-state index in [-0.39, 0.29) is 12.4 Å². The van der Waals surface area contributed by atoms with Crippen LogP contribution >= 0.6 is 22.9 Å². The lowest BCUT2D eigenvalue weighted by molar-refractivity contribution is 0.102. The summed E-state index contributed by atoms with van der Waals surface area (Å²) in [5.74, 6) is 0.0109. The summed E-state index contributed by atoms with van der Waals surface area (Å²) in [5.41, 5.74) is 1.60. The van der Waals surface area contributed by atoms with Gasteiger partial charge in [0, 0.05) is 24.2 Å². The van der Waals surface area contributed by atoms with E-state index in [4.69, 9.17) is 16.7 Å². The highest BCUT2D eigenvalue weighted by Crippen LogP contribution is 2.17. The van der Waals surface area contributed by atoms with Crippen molar-refractivity contribution < 1.29 is 9.90 Å². The number of thiazole rings is 1. The lowest BCUT2D eigenvalue weighted by Gasteiger charge is -2.03. The molecule has 1 N–H and O–H groups in total. The van der Waals surface area contributed by atoms with E-state index in [0.717, 1.165) is 11.4 Å². The smallest absolute Gasteiger partial charge is 0.190 e. The van der Waals surface area contributed by atoms with E-state index in [1.165, 1.54) is 18.3 Å². The van der Waals surface area contributed by atoms with Crippen LogP contribution in [0.5, 0.6) is 0 Å². The van der Waals surface area contributed by atoms with Crippen molar-refractivity contribution in [2.24, 2.45) is 4.99 Å². The molecule has 0 aliphatic carbocycles. The van der Waals surface area contributed by atoms with Crippen LogP contribution in [0.3, 0.4) is 0 Å². The highest BCUT2D eigenvalue weighted by atomic mass is 35.5. The van der Waals surface area contributed by atoms with Gasteiger partial charge < -0.3 is 9.67 Å². The van der Waals surface area contributed by atoms with E-state index >= 15 is 0 Å². The highest BCUT2D eigenvalue weighted by molar-refractivity contribution is 7.11. The summed E-state index contributed by atoms with van der Waals surface area (Å²) in [5, 5.41) is 9.81. The lowest BCUT2D eigenvalue weighted by Crippen LogP contribution is -2.18. The van der Waals surface area contributed by atoms with Gasteiger partial charge in [-0.25, -0.2) is 4.99 Å². The summed E-state index contributed by atoms with van der Waals surface area (Å²) in [6, 6.07) is 7.16. The van der Waals surface area contributed by atoms with Crippen LogP contribution in [0, 0.1) is 6.92 Å². The summed E-state index contributed by atoms with van der Waals surface area (Å²) >= 11 is 7.18. The fraction of sp³-hybridized carbons (Fsp3) is 0.286. The molecule has 1 heterocycles. The van der Waals surface area contributed by atoms with Gasteiger partial charge in [-0.3, -0.25) is 4.79 Å². The Morgan fingerprint density at radius 2 is 2.05 bits per heavy atom. The second-order valence-corrected chi connectivity index (χ2v) is 5.73. The SMILES string of the molecule is CC(=O)c1sc(=Nc2ccc(Cl)cc2)n(CCO)c1C. The molecule has 0 radical (unpaired) electrons. The molecule has 106 valence electrons. The predicted molar refractivity (Wildman–Crippen MR) is 80.8 cm³/mol. The van der Waals surface area contributed by atoms with E-state index in [1.54, 1.807) is 12.1 Å². The third-order valence-corrected chi connectivity index (χ3v) is 4.39. The number of nitrogens with zero attached hydrogens (tertiary/aromatic N) is 2. The summed E-state index contributed by atoms with van der Waals surface area (Å²) in [6.07, 6.45) is 0. The minimum atomic E-state index is 0.00270. The number of carbonyl (C=O) groups excluding carboxylic acids is 1. The van der Waals surface area contributed by atoms with E-state index < -0.39 is 0 Å². The first kappa shape index (κ1) is 15.0. The van der Waals surface area contributed by atoms with Gasteiger partial charge in [-0.15, -0.1) is 0 Å². The van der Waals surface area contributed by atoms with Crippen molar-refractivity contribution in [3.05, 3.63) is 44.7 Å². The fourth-order valence-electron chi connectivity index (χ4n) is 1.89. The van der Waals surface area contributed by atoms with Crippen LogP contribution < -0.4 is 4.80 Å². The summed E-state index contributed by atoms with van der Waals surface area (Å²) < 4.78 is 1.86. The molecule has 0 unspecified atom stereocenters. The molecule has 0 fully saturated rings. The van der Waals surface area contributed by atoms with E-state index in [1.807, 2.05) is 23.6 Å². The van der Waals surface area contributed by atoms with Crippen molar-refractivity contribution >= 4 is 34.4 Å². The topological polar surface area (TPSA) is 54.6 Å². The van der Waals surface area contributed by atoms with Crippen LogP contribution in [0.1, 0.15) is 22.3 Å². The maximum absolute atomic E-state index is 11.6. The van der Waals surface area contributed by atoms with Crippen LogP contribution in [0.15, 0.2) is 29.3 Å². The van der Waals surface area contributed by atoms with Crippen molar-refractivity contribution in [1.82, 2.24) is 4.57 Å². The number of benzene rings is 1. The molecule has 20 heavy (non-hydrogen) atoms.